The van der Waals surface area contributed by atoms with Gasteiger partial charge >= 0.3 is 0 Å². The van der Waals surface area contributed by atoms with Gasteiger partial charge in [0.25, 0.3) is 0 Å². The Bertz CT molecular complexity index is 580. The molecule has 0 bridgehead atoms. The number of carbonyl (C=O) groups is 1. The summed E-state index contributed by atoms with van der Waals surface area (Å²) in [6.45, 7) is 8.14. The maximum absolute atomic E-state index is 12.8. The van der Waals surface area contributed by atoms with Gasteiger partial charge in [-0.05, 0) is 11.5 Å². The molecule has 2 saturated heterocycles. The molecule has 1 aromatic carbocycles. The van der Waals surface area contributed by atoms with Crippen LogP contribution in [0.15, 0.2) is 30.3 Å². The molecule has 2 fully saturated rings. The number of amides is 1. The molecule has 26 heavy (non-hydrogen) atoms. The van der Waals surface area contributed by atoms with Crippen LogP contribution < -0.4 is 16.2 Å². The first-order valence-corrected chi connectivity index (χ1v) is 10.3. The van der Waals surface area contributed by atoms with Gasteiger partial charge in [0, 0.05) is 25.7 Å². The van der Waals surface area contributed by atoms with E-state index in [1.165, 1.54) is 5.56 Å². The van der Waals surface area contributed by atoms with Gasteiger partial charge in [0.1, 0.15) is 6.04 Å². The van der Waals surface area contributed by atoms with Crippen molar-refractivity contribution in [2.75, 3.05) is 32.8 Å². The third kappa shape index (κ3) is 4.64. The molecule has 6 nitrogen and oxygen atoms in total. The van der Waals surface area contributed by atoms with Crippen molar-refractivity contribution in [1.82, 2.24) is 21.1 Å². The number of alkyl halides is 1. The first kappa shape index (κ1) is 19.8. The van der Waals surface area contributed by atoms with Gasteiger partial charge in [-0.2, -0.15) is 0 Å². The fourth-order valence-electron chi connectivity index (χ4n) is 3.63. The molecule has 1 amide bonds. The van der Waals surface area contributed by atoms with E-state index in [1.54, 1.807) is 0 Å². The third-order valence-corrected chi connectivity index (χ3v) is 6.31. The molecule has 4 atom stereocenters. The minimum atomic E-state index is -0.275. The summed E-state index contributed by atoms with van der Waals surface area (Å²) in [5.74, 6) is 0.465. The molecular formula is C19H29BrN4O2. The lowest BCUT2D eigenvalue weighted by Gasteiger charge is -2.35. The van der Waals surface area contributed by atoms with Gasteiger partial charge in [-0.15, -0.1) is 0 Å². The molecule has 144 valence electrons. The van der Waals surface area contributed by atoms with Crippen molar-refractivity contribution >= 4 is 21.8 Å². The van der Waals surface area contributed by atoms with Crippen LogP contribution in [0.4, 0.5) is 0 Å². The lowest BCUT2D eigenvalue weighted by atomic mass is 9.99. The Labute approximate surface area is 164 Å². The van der Waals surface area contributed by atoms with E-state index in [-0.39, 0.29) is 28.9 Å². The predicted molar refractivity (Wildman–Crippen MR) is 106 cm³/mol. The van der Waals surface area contributed by atoms with Gasteiger partial charge < -0.3 is 10.1 Å². The Kier molecular flexibility index (Phi) is 7.05. The molecule has 0 spiro atoms. The molecule has 3 rings (SSSR count). The van der Waals surface area contributed by atoms with Crippen molar-refractivity contribution in [3.05, 3.63) is 35.9 Å². The first-order valence-electron chi connectivity index (χ1n) is 9.37. The van der Waals surface area contributed by atoms with Crippen LogP contribution in [0.25, 0.3) is 0 Å². The van der Waals surface area contributed by atoms with Crippen molar-refractivity contribution in [3.63, 3.8) is 0 Å². The molecule has 2 aliphatic heterocycles. The second-order valence-electron chi connectivity index (χ2n) is 7.30. The van der Waals surface area contributed by atoms with E-state index < -0.39 is 0 Å². The molecule has 2 aliphatic rings. The Balaban J connectivity index is 1.63. The van der Waals surface area contributed by atoms with E-state index in [9.17, 15) is 4.79 Å². The molecule has 2 heterocycles. The smallest absolute Gasteiger partial charge is 0.239 e. The number of halogens is 1. The van der Waals surface area contributed by atoms with Crippen molar-refractivity contribution in [3.8, 4) is 0 Å². The molecule has 0 aliphatic carbocycles. The highest BCUT2D eigenvalue weighted by molar-refractivity contribution is 9.09. The standard InChI is InChI=1S/C19H29BrN4O2/c1-13(2)17-16(20)18(23-22-17)19(25)21-12-15(14-6-4-3-5-7-14)24-8-10-26-11-9-24/h3-7,13,15-18,22-23H,8-12H2,1-2H3,(H,21,25). The molecule has 0 aromatic heterocycles. The zero-order chi connectivity index (χ0) is 18.5. The Morgan fingerprint density at radius 3 is 2.58 bits per heavy atom. The summed E-state index contributed by atoms with van der Waals surface area (Å²) in [7, 11) is 0. The fraction of sp³-hybridized carbons (Fsp3) is 0.632. The largest absolute Gasteiger partial charge is 0.379 e. The van der Waals surface area contributed by atoms with Crippen LogP contribution in [0.3, 0.4) is 0 Å². The summed E-state index contributed by atoms with van der Waals surface area (Å²) in [5, 5.41) is 3.16. The molecule has 0 saturated carbocycles. The van der Waals surface area contributed by atoms with Crippen LogP contribution in [0, 0.1) is 5.92 Å². The van der Waals surface area contributed by atoms with Crippen LogP contribution in [0.5, 0.6) is 0 Å². The van der Waals surface area contributed by atoms with Gasteiger partial charge in [-0.3, -0.25) is 15.1 Å². The minimum Gasteiger partial charge on any atom is -0.379 e. The highest BCUT2D eigenvalue weighted by Crippen LogP contribution is 2.23. The lowest BCUT2D eigenvalue weighted by Crippen LogP contribution is -2.49. The Morgan fingerprint density at radius 2 is 1.96 bits per heavy atom. The van der Waals surface area contributed by atoms with E-state index >= 15 is 0 Å². The normalized spacial score (nSPS) is 28.2. The number of hydrogen-bond donors (Lipinski definition) is 3. The van der Waals surface area contributed by atoms with Crippen LogP contribution in [0.1, 0.15) is 25.5 Å². The molecule has 3 N–H and O–H groups in total. The number of nitrogens with zero attached hydrogens (tertiary/aromatic N) is 1. The van der Waals surface area contributed by atoms with Gasteiger partial charge in [0.2, 0.25) is 5.91 Å². The Hall–Kier alpha value is -0.990. The van der Waals surface area contributed by atoms with Crippen molar-refractivity contribution in [1.29, 1.82) is 0 Å². The van der Waals surface area contributed by atoms with E-state index in [0.29, 0.717) is 12.5 Å². The summed E-state index contributed by atoms with van der Waals surface area (Å²) >= 11 is 3.69. The van der Waals surface area contributed by atoms with Gasteiger partial charge in [0.15, 0.2) is 0 Å². The summed E-state index contributed by atoms with van der Waals surface area (Å²) in [6.07, 6.45) is 0. The summed E-state index contributed by atoms with van der Waals surface area (Å²) in [6, 6.07) is 10.5. The van der Waals surface area contributed by atoms with Crippen molar-refractivity contribution in [2.45, 2.75) is 36.8 Å². The highest BCUT2D eigenvalue weighted by Gasteiger charge is 2.39. The second kappa shape index (κ2) is 9.28. The fourth-order valence-corrected chi connectivity index (χ4v) is 4.74. The molecule has 4 unspecified atom stereocenters. The summed E-state index contributed by atoms with van der Waals surface area (Å²) < 4.78 is 5.49. The average molecular weight is 425 g/mol. The van der Waals surface area contributed by atoms with Crippen LogP contribution in [0.2, 0.25) is 0 Å². The number of ether oxygens (including phenoxy) is 1. The van der Waals surface area contributed by atoms with Crippen molar-refractivity contribution < 1.29 is 9.53 Å². The maximum atomic E-state index is 12.8. The number of nitrogens with one attached hydrogen (secondary N) is 3. The monoisotopic (exact) mass is 424 g/mol. The van der Waals surface area contributed by atoms with Gasteiger partial charge in [-0.25, -0.2) is 5.43 Å². The zero-order valence-electron chi connectivity index (χ0n) is 15.5. The summed E-state index contributed by atoms with van der Waals surface area (Å²) in [4.78, 5) is 15.2. The molecule has 7 heteroatoms. The van der Waals surface area contributed by atoms with Crippen LogP contribution in [-0.4, -0.2) is 60.6 Å². The van der Waals surface area contributed by atoms with E-state index in [2.05, 4.69) is 75.1 Å². The zero-order valence-corrected chi connectivity index (χ0v) is 17.0. The number of benzene rings is 1. The van der Waals surface area contributed by atoms with Crippen molar-refractivity contribution in [2.24, 2.45) is 5.92 Å². The quantitative estimate of drug-likeness (QED) is 0.603. The minimum absolute atomic E-state index is 0.0247. The number of rotatable bonds is 6. The average Bonchev–Trinajstić information content (AvgIpc) is 3.05. The predicted octanol–water partition coefficient (Wildman–Crippen LogP) is 1.44. The molecule has 1 aromatic rings. The number of hydrazine groups is 1. The third-order valence-electron chi connectivity index (χ3n) is 5.21. The van der Waals surface area contributed by atoms with E-state index in [4.69, 9.17) is 4.74 Å². The highest BCUT2D eigenvalue weighted by atomic mass is 79.9. The maximum Gasteiger partial charge on any atom is 0.239 e. The lowest BCUT2D eigenvalue weighted by molar-refractivity contribution is -0.123. The van der Waals surface area contributed by atoms with E-state index in [1.807, 2.05) is 6.07 Å². The van der Waals surface area contributed by atoms with E-state index in [0.717, 1.165) is 26.3 Å². The van der Waals surface area contributed by atoms with Gasteiger partial charge in [0.05, 0.1) is 24.1 Å². The molecular weight excluding hydrogens is 396 g/mol. The second-order valence-corrected chi connectivity index (χ2v) is 8.36. The van der Waals surface area contributed by atoms with Gasteiger partial charge in [-0.1, -0.05) is 60.1 Å². The number of carbonyl (C=O) groups excluding carboxylic acids is 1. The summed E-state index contributed by atoms with van der Waals surface area (Å²) in [5.41, 5.74) is 7.60. The van der Waals surface area contributed by atoms with Crippen LogP contribution >= 0.6 is 15.9 Å². The number of morpholine rings is 1. The topological polar surface area (TPSA) is 65.6 Å². The molecule has 0 radical (unpaired) electrons. The SMILES string of the molecule is CC(C)C1NNC(C(=O)NCC(c2ccccc2)N2CCOCC2)C1Br. The van der Waals surface area contributed by atoms with Crippen LogP contribution in [-0.2, 0) is 9.53 Å². The number of hydrogen-bond acceptors (Lipinski definition) is 5. The Morgan fingerprint density at radius 1 is 1.27 bits per heavy atom. The first-order chi connectivity index (χ1) is 12.6.